The molecule has 2 aromatic carbocycles. The molecule has 0 aliphatic heterocycles. The van der Waals surface area contributed by atoms with E-state index in [1.54, 1.807) is 12.3 Å². The largest absolute Gasteiger partial charge is 0.493 e. The zero-order chi connectivity index (χ0) is 19.1. The summed E-state index contributed by atoms with van der Waals surface area (Å²) in [6, 6.07) is 17.3. The van der Waals surface area contributed by atoms with Crippen molar-refractivity contribution in [2.45, 2.75) is 20.3 Å². The van der Waals surface area contributed by atoms with Gasteiger partial charge in [-0.15, -0.1) is 0 Å². The van der Waals surface area contributed by atoms with Crippen LogP contribution in [0.25, 0.3) is 11.3 Å². The van der Waals surface area contributed by atoms with Gasteiger partial charge in [0.25, 0.3) is 5.91 Å². The molecule has 6 heteroatoms. The predicted molar refractivity (Wildman–Crippen MR) is 106 cm³/mol. The average molecular weight is 362 g/mol. The summed E-state index contributed by atoms with van der Waals surface area (Å²) in [5.41, 5.74) is 6.48. The molecule has 0 unspecified atom stereocenters. The van der Waals surface area contributed by atoms with Crippen LogP contribution in [0.4, 0.5) is 0 Å². The summed E-state index contributed by atoms with van der Waals surface area (Å²) in [7, 11) is 0. The second-order valence-electron chi connectivity index (χ2n) is 5.89. The van der Waals surface area contributed by atoms with Gasteiger partial charge in [-0.1, -0.05) is 43.3 Å². The number of benzene rings is 2. The predicted octanol–water partition coefficient (Wildman–Crippen LogP) is 3.80. The Hall–Kier alpha value is -3.41. The summed E-state index contributed by atoms with van der Waals surface area (Å²) in [5, 5.41) is 11.0. The Morgan fingerprint density at radius 3 is 2.70 bits per heavy atom. The molecular formula is C21H22N4O2. The second-order valence-corrected chi connectivity index (χ2v) is 5.89. The first-order valence-electron chi connectivity index (χ1n) is 8.91. The maximum absolute atomic E-state index is 12.3. The number of hydrazone groups is 1. The summed E-state index contributed by atoms with van der Waals surface area (Å²) >= 11 is 0. The highest BCUT2D eigenvalue weighted by Gasteiger charge is 2.13. The molecule has 0 fully saturated rings. The molecule has 0 spiro atoms. The fraction of sp³-hybridized carbons (Fsp3) is 0.190. The van der Waals surface area contributed by atoms with Crippen molar-refractivity contribution in [1.82, 2.24) is 15.6 Å². The number of amides is 1. The average Bonchev–Trinajstić information content (AvgIpc) is 3.19. The van der Waals surface area contributed by atoms with Gasteiger partial charge in [0.2, 0.25) is 0 Å². The van der Waals surface area contributed by atoms with E-state index in [1.165, 1.54) is 5.56 Å². The fourth-order valence-electron chi connectivity index (χ4n) is 2.60. The summed E-state index contributed by atoms with van der Waals surface area (Å²) in [5.74, 6) is 0.371. The number of carbonyl (C=O) groups is 1. The summed E-state index contributed by atoms with van der Waals surface area (Å²) < 4.78 is 5.61. The number of aryl methyl sites for hydroxylation is 1. The first-order valence-corrected chi connectivity index (χ1v) is 8.91. The molecule has 3 aromatic rings. The quantitative estimate of drug-likeness (QED) is 0.495. The van der Waals surface area contributed by atoms with E-state index < -0.39 is 0 Å². The second kappa shape index (κ2) is 8.80. The van der Waals surface area contributed by atoms with Crippen molar-refractivity contribution >= 4 is 12.1 Å². The highest BCUT2D eigenvalue weighted by Crippen LogP contribution is 2.28. The van der Waals surface area contributed by atoms with Crippen molar-refractivity contribution in [3.63, 3.8) is 0 Å². The van der Waals surface area contributed by atoms with Crippen LogP contribution in [0, 0.1) is 0 Å². The van der Waals surface area contributed by atoms with Crippen molar-refractivity contribution in [3.8, 4) is 17.0 Å². The SMILES string of the molecule is CCOc1ccccc1-c1cc(C(=O)N/N=C\c2ccc(CC)cc2)[nH]n1. The minimum Gasteiger partial charge on any atom is -0.493 e. The van der Waals surface area contributed by atoms with Crippen LogP contribution in [-0.2, 0) is 6.42 Å². The molecule has 3 rings (SSSR count). The van der Waals surface area contributed by atoms with Crippen LogP contribution in [0.15, 0.2) is 59.7 Å². The fourth-order valence-corrected chi connectivity index (χ4v) is 2.60. The van der Waals surface area contributed by atoms with Gasteiger partial charge in [-0.3, -0.25) is 9.89 Å². The van der Waals surface area contributed by atoms with Gasteiger partial charge in [0.1, 0.15) is 11.4 Å². The number of nitrogens with one attached hydrogen (secondary N) is 2. The normalized spacial score (nSPS) is 10.9. The third-order valence-electron chi connectivity index (χ3n) is 4.05. The third-order valence-corrected chi connectivity index (χ3v) is 4.05. The molecule has 2 N–H and O–H groups in total. The Bertz CT molecular complexity index is 929. The van der Waals surface area contributed by atoms with Gasteiger partial charge < -0.3 is 4.74 Å². The first kappa shape index (κ1) is 18.4. The molecule has 0 aliphatic rings. The molecule has 0 saturated carbocycles. The molecule has 0 aliphatic carbocycles. The number of aromatic nitrogens is 2. The van der Waals surface area contributed by atoms with Crippen LogP contribution in [0.1, 0.15) is 35.5 Å². The molecule has 1 amide bonds. The minimum absolute atomic E-state index is 0.329. The van der Waals surface area contributed by atoms with E-state index >= 15 is 0 Å². The molecule has 0 bridgehead atoms. The number of nitrogens with zero attached hydrogens (tertiary/aromatic N) is 2. The Labute approximate surface area is 158 Å². The molecule has 1 heterocycles. The molecule has 138 valence electrons. The number of H-pyrrole nitrogens is 1. The molecular weight excluding hydrogens is 340 g/mol. The lowest BCUT2D eigenvalue weighted by molar-refractivity contribution is 0.0950. The van der Waals surface area contributed by atoms with E-state index in [0.29, 0.717) is 18.0 Å². The van der Waals surface area contributed by atoms with Crippen molar-refractivity contribution < 1.29 is 9.53 Å². The van der Waals surface area contributed by atoms with Crippen molar-refractivity contribution in [1.29, 1.82) is 0 Å². The van der Waals surface area contributed by atoms with Gasteiger partial charge in [0, 0.05) is 5.56 Å². The Morgan fingerprint density at radius 2 is 1.96 bits per heavy atom. The molecule has 0 atom stereocenters. The number of aromatic amines is 1. The highest BCUT2D eigenvalue weighted by atomic mass is 16.5. The van der Waals surface area contributed by atoms with Gasteiger partial charge in [-0.25, -0.2) is 5.43 Å². The van der Waals surface area contributed by atoms with Crippen LogP contribution in [0.2, 0.25) is 0 Å². The Kier molecular flexibility index (Phi) is 5.99. The maximum Gasteiger partial charge on any atom is 0.289 e. The molecule has 0 saturated heterocycles. The van der Waals surface area contributed by atoms with Crippen LogP contribution in [-0.4, -0.2) is 28.9 Å². The lowest BCUT2D eigenvalue weighted by atomic mass is 10.1. The van der Waals surface area contributed by atoms with Crippen LogP contribution in [0.3, 0.4) is 0 Å². The van der Waals surface area contributed by atoms with Crippen LogP contribution >= 0.6 is 0 Å². The standard InChI is InChI=1S/C21H22N4O2/c1-3-15-9-11-16(12-10-15)14-22-25-21(26)19-13-18(23-24-19)17-7-5-6-8-20(17)27-4-2/h5-14H,3-4H2,1-2H3,(H,23,24)(H,25,26)/b22-14-. The number of para-hydroxylation sites is 1. The van der Waals surface area contributed by atoms with Gasteiger partial charge in [0.05, 0.1) is 18.5 Å². The van der Waals surface area contributed by atoms with Crippen LogP contribution < -0.4 is 10.2 Å². The molecule has 0 radical (unpaired) electrons. The third kappa shape index (κ3) is 4.61. The van der Waals surface area contributed by atoms with E-state index in [0.717, 1.165) is 23.3 Å². The van der Waals surface area contributed by atoms with Crippen molar-refractivity contribution in [2.24, 2.45) is 5.10 Å². The first-order chi connectivity index (χ1) is 13.2. The molecule has 27 heavy (non-hydrogen) atoms. The van der Waals surface area contributed by atoms with Gasteiger partial charge >= 0.3 is 0 Å². The van der Waals surface area contributed by atoms with Crippen molar-refractivity contribution in [3.05, 3.63) is 71.4 Å². The number of carbonyl (C=O) groups excluding carboxylic acids is 1. The lowest BCUT2D eigenvalue weighted by Crippen LogP contribution is -2.18. The number of hydrogen-bond acceptors (Lipinski definition) is 4. The Balaban J connectivity index is 1.67. The minimum atomic E-state index is -0.357. The zero-order valence-corrected chi connectivity index (χ0v) is 15.4. The van der Waals surface area contributed by atoms with E-state index in [4.69, 9.17) is 4.74 Å². The smallest absolute Gasteiger partial charge is 0.289 e. The zero-order valence-electron chi connectivity index (χ0n) is 15.4. The number of rotatable bonds is 7. The van der Waals surface area contributed by atoms with E-state index in [1.807, 2.05) is 55.5 Å². The van der Waals surface area contributed by atoms with E-state index in [-0.39, 0.29) is 5.91 Å². The van der Waals surface area contributed by atoms with Crippen LogP contribution in [0.5, 0.6) is 5.75 Å². The molecule has 1 aromatic heterocycles. The maximum atomic E-state index is 12.3. The highest BCUT2D eigenvalue weighted by molar-refractivity contribution is 5.94. The number of hydrogen-bond donors (Lipinski definition) is 2. The van der Waals surface area contributed by atoms with E-state index in [9.17, 15) is 4.79 Å². The summed E-state index contributed by atoms with van der Waals surface area (Å²) in [6.45, 7) is 4.59. The van der Waals surface area contributed by atoms with Gasteiger partial charge in [-0.05, 0) is 42.7 Å². The monoisotopic (exact) mass is 362 g/mol. The van der Waals surface area contributed by atoms with E-state index in [2.05, 4.69) is 27.6 Å². The molecule has 6 nitrogen and oxygen atoms in total. The van der Waals surface area contributed by atoms with Crippen molar-refractivity contribution in [2.75, 3.05) is 6.61 Å². The lowest BCUT2D eigenvalue weighted by Gasteiger charge is -2.07. The topological polar surface area (TPSA) is 79.4 Å². The number of ether oxygens (including phenoxy) is 1. The van der Waals surface area contributed by atoms with Gasteiger partial charge in [-0.2, -0.15) is 10.2 Å². The summed E-state index contributed by atoms with van der Waals surface area (Å²) in [4.78, 5) is 12.3. The Morgan fingerprint density at radius 1 is 1.19 bits per heavy atom. The van der Waals surface area contributed by atoms with Gasteiger partial charge in [0.15, 0.2) is 0 Å². The summed E-state index contributed by atoms with van der Waals surface area (Å²) in [6.07, 6.45) is 2.60.